The number of aromatic carboxylic acids is 1. The molecule has 1 aliphatic rings. The first-order valence-electron chi connectivity index (χ1n) is 8.50. The number of aryl methyl sites for hydroxylation is 2. The third-order valence-corrected chi connectivity index (χ3v) is 6.09. The van der Waals surface area contributed by atoms with E-state index in [1.807, 2.05) is 13.0 Å². The molecule has 1 heterocycles. The van der Waals surface area contributed by atoms with Crippen LogP contribution < -0.4 is 9.62 Å². The normalized spacial score (nSPS) is 14.5. The van der Waals surface area contributed by atoms with E-state index < -0.39 is 16.0 Å². The third kappa shape index (κ3) is 3.67. The van der Waals surface area contributed by atoms with Crippen molar-refractivity contribution in [1.82, 2.24) is 0 Å². The molecule has 1 fully saturated rings. The summed E-state index contributed by atoms with van der Waals surface area (Å²) < 4.78 is 28.0. The molecule has 2 aromatic carbocycles. The van der Waals surface area contributed by atoms with Crippen LogP contribution in [0.1, 0.15) is 34.3 Å². The van der Waals surface area contributed by atoms with Crippen molar-refractivity contribution in [1.29, 1.82) is 0 Å². The summed E-state index contributed by atoms with van der Waals surface area (Å²) in [6.45, 7) is 5.29. The van der Waals surface area contributed by atoms with Crippen LogP contribution in [0.2, 0.25) is 0 Å². The van der Waals surface area contributed by atoms with E-state index in [2.05, 4.69) is 9.62 Å². The molecule has 0 aromatic heterocycles. The van der Waals surface area contributed by atoms with Crippen LogP contribution in [0.3, 0.4) is 0 Å². The van der Waals surface area contributed by atoms with Crippen LogP contribution in [-0.4, -0.2) is 32.6 Å². The van der Waals surface area contributed by atoms with Crippen LogP contribution in [0.5, 0.6) is 0 Å². The lowest BCUT2D eigenvalue weighted by molar-refractivity contribution is 0.0698. The van der Waals surface area contributed by atoms with E-state index in [0.29, 0.717) is 5.56 Å². The van der Waals surface area contributed by atoms with Gasteiger partial charge < -0.3 is 10.0 Å². The van der Waals surface area contributed by atoms with E-state index >= 15 is 0 Å². The van der Waals surface area contributed by atoms with Gasteiger partial charge in [-0.25, -0.2) is 13.2 Å². The summed E-state index contributed by atoms with van der Waals surface area (Å²) in [5.74, 6) is -1.16. The Labute approximate surface area is 153 Å². The number of nitrogens with one attached hydrogen (secondary N) is 1. The van der Waals surface area contributed by atoms with Gasteiger partial charge >= 0.3 is 5.97 Å². The fourth-order valence-corrected chi connectivity index (χ4v) is 4.58. The average molecular weight is 374 g/mol. The second kappa shape index (κ2) is 6.99. The number of anilines is 2. The highest BCUT2D eigenvalue weighted by Crippen LogP contribution is 2.28. The maximum absolute atomic E-state index is 12.8. The molecule has 6 nitrogen and oxygen atoms in total. The number of carboxylic acid groups (broad SMARTS) is 1. The zero-order chi connectivity index (χ0) is 18.9. The minimum atomic E-state index is -3.88. The van der Waals surface area contributed by atoms with Gasteiger partial charge in [0.2, 0.25) is 0 Å². The Kier molecular flexibility index (Phi) is 4.91. The predicted octanol–water partition coefficient (Wildman–Crippen LogP) is 3.40. The quantitative estimate of drug-likeness (QED) is 0.838. The zero-order valence-electron chi connectivity index (χ0n) is 14.8. The second-order valence-electron chi connectivity index (χ2n) is 6.60. The van der Waals surface area contributed by atoms with Crippen molar-refractivity contribution < 1.29 is 18.3 Å². The second-order valence-corrected chi connectivity index (χ2v) is 8.25. The summed E-state index contributed by atoms with van der Waals surface area (Å²) >= 11 is 0. The fraction of sp³-hybridized carbons (Fsp3) is 0.316. The van der Waals surface area contributed by atoms with E-state index in [1.54, 1.807) is 25.1 Å². The van der Waals surface area contributed by atoms with Crippen molar-refractivity contribution in [2.75, 3.05) is 22.7 Å². The minimum absolute atomic E-state index is 0.0525. The Morgan fingerprint density at radius 3 is 2.42 bits per heavy atom. The van der Waals surface area contributed by atoms with Gasteiger partial charge in [-0.1, -0.05) is 12.1 Å². The summed E-state index contributed by atoms with van der Waals surface area (Å²) in [7, 11) is -3.88. The van der Waals surface area contributed by atoms with Gasteiger partial charge in [0.15, 0.2) is 0 Å². The predicted molar refractivity (Wildman–Crippen MR) is 102 cm³/mol. The Bertz CT molecular complexity index is 948. The van der Waals surface area contributed by atoms with Crippen molar-refractivity contribution in [3.8, 4) is 0 Å². The first-order valence-corrected chi connectivity index (χ1v) is 9.98. The van der Waals surface area contributed by atoms with Crippen molar-refractivity contribution in [3.63, 3.8) is 0 Å². The van der Waals surface area contributed by atoms with Gasteiger partial charge in [0.1, 0.15) is 0 Å². The Hall–Kier alpha value is -2.54. The van der Waals surface area contributed by atoms with Crippen LogP contribution in [0.15, 0.2) is 41.3 Å². The van der Waals surface area contributed by atoms with Crippen LogP contribution in [0.25, 0.3) is 0 Å². The number of carbonyl (C=O) groups is 1. The Balaban J connectivity index is 1.98. The van der Waals surface area contributed by atoms with Gasteiger partial charge in [0.05, 0.1) is 16.1 Å². The Morgan fingerprint density at radius 2 is 1.77 bits per heavy atom. The molecule has 1 saturated heterocycles. The summed E-state index contributed by atoms with van der Waals surface area (Å²) in [5, 5.41) is 9.55. The van der Waals surface area contributed by atoms with E-state index in [4.69, 9.17) is 0 Å². The van der Waals surface area contributed by atoms with E-state index in [9.17, 15) is 18.3 Å². The van der Waals surface area contributed by atoms with Crippen molar-refractivity contribution in [2.24, 2.45) is 0 Å². The van der Waals surface area contributed by atoms with Crippen LogP contribution in [0.4, 0.5) is 11.4 Å². The number of benzene rings is 2. The zero-order valence-corrected chi connectivity index (χ0v) is 15.6. The lowest BCUT2D eigenvalue weighted by Crippen LogP contribution is -2.20. The molecule has 7 heteroatoms. The van der Waals surface area contributed by atoms with Gasteiger partial charge in [0, 0.05) is 18.8 Å². The number of sulfonamides is 1. The highest BCUT2D eigenvalue weighted by molar-refractivity contribution is 7.92. The van der Waals surface area contributed by atoms with E-state index in [-0.39, 0.29) is 16.1 Å². The highest BCUT2D eigenvalue weighted by Gasteiger charge is 2.22. The van der Waals surface area contributed by atoms with Crippen molar-refractivity contribution in [2.45, 2.75) is 31.6 Å². The molecular formula is C19H22N2O4S. The molecule has 138 valence electrons. The molecule has 0 bridgehead atoms. The summed E-state index contributed by atoms with van der Waals surface area (Å²) in [5.41, 5.74) is 2.24. The molecule has 0 spiro atoms. The fourth-order valence-electron chi connectivity index (χ4n) is 3.17. The summed E-state index contributed by atoms with van der Waals surface area (Å²) in [6, 6.07) is 9.98. The third-order valence-electron chi connectivity index (χ3n) is 4.58. The van der Waals surface area contributed by atoms with Crippen LogP contribution in [0, 0.1) is 13.8 Å². The average Bonchev–Trinajstić information content (AvgIpc) is 3.11. The molecule has 0 saturated carbocycles. The van der Waals surface area contributed by atoms with E-state index in [1.165, 1.54) is 12.1 Å². The summed E-state index contributed by atoms with van der Waals surface area (Å²) in [6.07, 6.45) is 2.15. The van der Waals surface area contributed by atoms with Gasteiger partial charge in [-0.2, -0.15) is 0 Å². The largest absolute Gasteiger partial charge is 0.478 e. The van der Waals surface area contributed by atoms with Crippen LogP contribution >= 0.6 is 0 Å². The van der Waals surface area contributed by atoms with Crippen molar-refractivity contribution >= 4 is 27.4 Å². The number of nitrogens with zero attached hydrogens (tertiary/aromatic N) is 1. The number of rotatable bonds is 5. The number of carboxylic acids is 1. The van der Waals surface area contributed by atoms with Gasteiger partial charge in [-0.3, -0.25) is 4.72 Å². The van der Waals surface area contributed by atoms with E-state index in [0.717, 1.165) is 37.2 Å². The van der Waals surface area contributed by atoms with Gasteiger partial charge in [-0.05, 0) is 62.1 Å². The first-order chi connectivity index (χ1) is 12.3. The molecule has 1 aliphatic heterocycles. The standard InChI is InChI=1S/C19H22N2O4S/c1-13-5-6-14(2)18(11-13)26(24,25)20-17-8-7-15(12-16(17)19(22)23)21-9-3-4-10-21/h5-8,11-12,20H,3-4,9-10H2,1-2H3,(H,22,23). The number of hydrogen-bond acceptors (Lipinski definition) is 4. The molecule has 2 aromatic rings. The molecule has 0 radical (unpaired) electrons. The SMILES string of the molecule is Cc1ccc(C)c(S(=O)(=O)Nc2ccc(N3CCCC3)cc2C(=O)O)c1. The monoisotopic (exact) mass is 374 g/mol. The molecule has 2 N–H and O–H groups in total. The minimum Gasteiger partial charge on any atom is -0.478 e. The smallest absolute Gasteiger partial charge is 0.337 e. The lowest BCUT2D eigenvalue weighted by Gasteiger charge is -2.19. The molecule has 0 unspecified atom stereocenters. The molecule has 3 rings (SSSR count). The highest BCUT2D eigenvalue weighted by atomic mass is 32.2. The molecule has 26 heavy (non-hydrogen) atoms. The summed E-state index contributed by atoms with van der Waals surface area (Å²) in [4.78, 5) is 13.9. The molecule has 0 amide bonds. The molecule has 0 atom stereocenters. The topological polar surface area (TPSA) is 86.7 Å². The van der Waals surface area contributed by atoms with Crippen LogP contribution in [-0.2, 0) is 10.0 Å². The Morgan fingerprint density at radius 1 is 1.08 bits per heavy atom. The molecule has 0 aliphatic carbocycles. The maximum atomic E-state index is 12.8. The maximum Gasteiger partial charge on any atom is 0.337 e. The molecular weight excluding hydrogens is 352 g/mol. The van der Waals surface area contributed by atoms with Gasteiger partial charge in [-0.15, -0.1) is 0 Å². The first kappa shape index (κ1) is 18.3. The lowest BCUT2D eigenvalue weighted by atomic mass is 10.1. The van der Waals surface area contributed by atoms with Gasteiger partial charge in [0.25, 0.3) is 10.0 Å². The van der Waals surface area contributed by atoms with Crippen molar-refractivity contribution in [3.05, 3.63) is 53.1 Å². The number of hydrogen-bond donors (Lipinski definition) is 2.